The minimum Gasteiger partial charge on any atom is -0.545 e. The number of hydrogen-bond acceptors (Lipinski definition) is 7. The van der Waals surface area contributed by atoms with E-state index >= 15 is 0 Å². The lowest BCUT2D eigenvalue weighted by molar-refractivity contribution is -0.255. The summed E-state index contributed by atoms with van der Waals surface area (Å²) in [7, 11) is 0. The zero-order chi connectivity index (χ0) is 20.6. The molecule has 3 aromatic rings. The summed E-state index contributed by atoms with van der Waals surface area (Å²) in [5.41, 5.74) is 4.03. The Morgan fingerprint density at radius 1 is 1.24 bits per heavy atom. The van der Waals surface area contributed by atoms with Crippen LogP contribution in [-0.2, 0) is 11.3 Å². The number of ether oxygens (including phenoxy) is 1. The van der Waals surface area contributed by atoms with Crippen LogP contribution in [0.5, 0.6) is 0 Å². The van der Waals surface area contributed by atoms with E-state index in [9.17, 15) is 14.7 Å². The van der Waals surface area contributed by atoms with E-state index in [-0.39, 0.29) is 11.1 Å². The summed E-state index contributed by atoms with van der Waals surface area (Å²) in [6, 6.07) is 13.2. The molecule has 0 bridgehead atoms. The normalized spacial score (nSPS) is 11.2. The first kappa shape index (κ1) is 20.2. The van der Waals surface area contributed by atoms with E-state index in [1.165, 1.54) is 22.9 Å². The minimum absolute atomic E-state index is 0.0921. The summed E-state index contributed by atoms with van der Waals surface area (Å²) in [4.78, 5) is 28.2. The van der Waals surface area contributed by atoms with Crippen LogP contribution >= 0.6 is 0 Å². The minimum atomic E-state index is -1.23. The summed E-state index contributed by atoms with van der Waals surface area (Å²) in [6.45, 7) is 3.53. The third-order valence-electron chi connectivity index (χ3n) is 4.26. The molecule has 1 N–H and O–H groups in total. The number of hydrogen-bond donors (Lipinski definition) is 1. The Bertz CT molecular complexity index is 1070. The Balaban J connectivity index is 1.84. The lowest BCUT2D eigenvalue weighted by Crippen LogP contribution is -2.25. The molecule has 1 heterocycles. The number of carboxylic acids is 1. The van der Waals surface area contributed by atoms with Gasteiger partial charge < -0.3 is 14.6 Å². The average Bonchev–Trinajstić information content (AvgIpc) is 2.73. The second kappa shape index (κ2) is 9.61. The van der Waals surface area contributed by atoms with Gasteiger partial charge in [-0.2, -0.15) is 5.10 Å². The van der Waals surface area contributed by atoms with Crippen LogP contribution in [0.1, 0.15) is 29.3 Å². The van der Waals surface area contributed by atoms with E-state index in [4.69, 9.17) is 4.74 Å². The number of para-hydroxylation sites is 1. The molecule has 0 fully saturated rings. The number of aromatic nitrogens is 2. The van der Waals surface area contributed by atoms with Crippen molar-refractivity contribution in [3.05, 3.63) is 70.0 Å². The number of carboxylic acid groups (broad SMARTS) is 1. The first-order valence-electron chi connectivity index (χ1n) is 9.28. The van der Waals surface area contributed by atoms with Crippen molar-refractivity contribution in [1.29, 1.82) is 0 Å². The van der Waals surface area contributed by atoms with E-state index in [2.05, 4.69) is 15.5 Å². The Hall–Kier alpha value is -3.52. The Morgan fingerprint density at radius 2 is 2.00 bits per heavy atom. The van der Waals surface area contributed by atoms with E-state index in [1.807, 2.05) is 13.0 Å². The van der Waals surface area contributed by atoms with Crippen LogP contribution in [0.2, 0.25) is 0 Å². The Kier molecular flexibility index (Phi) is 6.70. The van der Waals surface area contributed by atoms with Gasteiger partial charge in [-0.25, -0.2) is 10.4 Å². The molecule has 0 unspecified atom stereocenters. The van der Waals surface area contributed by atoms with E-state index < -0.39 is 5.97 Å². The molecule has 1 aromatic heterocycles. The van der Waals surface area contributed by atoms with E-state index in [0.29, 0.717) is 48.6 Å². The number of carbonyl (C=O) groups is 1. The zero-order valence-electron chi connectivity index (χ0n) is 16.0. The molecule has 0 saturated heterocycles. The SMILES string of the molecule is CCOCCCn1c(N/N=C\c2ccc(C(=O)[O-])cc2)nc2ccccc2c1=O. The van der Waals surface area contributed by atoms with Crippen LogP contribution in [0, 0.1) is 0 Å². The average molecular weight is 393 g/mol. The molecule has 0 aliphatic heterocycles. The lowest BCUT2D eigenvalue weighted by Gasteiger charge is -2.12. The molecule has 0 saturated carbocycles. The number of carbonyl (C=O) groups excluding carboxylic acids is 1. The van der Waals surface area contributed by atoms with Gasteiger partial charge in [0.05, 0.1) is 23.1 Å². The Morgan fingerprint density at radius 3 is 2.72 bits per heavy atom. The number of aromatic carboxylic acids is 1. The molecular formula is C21H21N4O4-. The molecule has 8 heteroatoms. The first-order valence-corrected chi connectivity index (χ1v) is 9.28. The van der Waals surface area contributed by atoms with Gasteiger partial charge in [0.1, 0.15) is 0 Å². The van der Waals surface area contributed by atoms with Crippen LogP contribution < -0.4 is 16.1 Å². The largest absolute Gasteiger partial charge is 0.545 e. The molecular weight excluding hydrogens is 372 g/mol. The zero-order valence-corrected chi connectivity index (χ0v) is 16.0. The summed E-state index contributed by atoms with van der Waals surface area (Å²) in [6.07, 6.45) is 2.18. The van der Waals surface area contributed by atoms with Gasteiger partial charge >= 0.3 is 0 Å². The van der Waals surface area contributed by atoms with Crippen molar-refractivity contribution < 1.29 is 14.6 Å². The quantitative estimate of drug-likeness (QED) is 0.336. The number of hydrazone groups is 1. The van der Waals surface area contributed by atoms with Crippen molar-refractivity contribution in [2.24, 2.45) is 5.10 Å². The molecule has 2 aromatic carbocycles. The van der Waals surface area contributed by atoms with Crippen LogP contribution in [0.3, 0.4) is 0 Å². The topological polar surface area (TPSA) is 109 Å². The van der Waals surface area contributed by atoms with Crippen LogP contribution in [-0.4, -0.2) is 34.9 Å². The van der Waals surface area contributed by atoms with Gasteiger partial charge in [0, 0.05) is 19.8 Å². The number of nitrogens with zero attached hydrogens (tertiary/aromatic N) is 3. The van der Waals surface area contributed by atoms with E-state index in [0.717, 1.165) is 0 Å². The van der Waals surface area contributed by atoms with Crippen molar-refractivity contribution in [1.82, 2.24) is 9.55 Å². The highest BCUT2D eigenvalue weighted by molar-refractivity contribution is 5.88. The van der Waals surface area contributed by atoms with Crippen molar-refractivity contribution in [3.8, 4) is 0 Å². The van der Waals surface area contributed by atoms with Gasteiger partial charge in [0.2, 0.25) is 5.95 Å². The fourth-order valence-corrected chi connectivity index (χ4v) is 2.80. The predicted octanol–water partition coefficient (Wildman–Crippen LogP) is 1.63. The molecule has 0 aliphatic carbocycles. The van der Waals surface area contributed by atoms with Crippen LogP contribution in [0.4, 0.5) is 5.95 Å². The number of benzene rings is 2. The highest BCUT2D eigenvalue weighted by Gasteiger charge is 2.10. The highest BCUT2D eigenvalue weighted by Crippen LogP contribution is 2.12. The number of anilines is 1. The molecule has 3 rings (SSSR count). The van der Waals surface area contributed by atoms with Gasteiger partial charge in [0.25, 0.3) is 5.56 Å². The second-order valence-electron chi connectivity index (χ2n) is 6.24. The van der Waals surface area contributed by atoms with Gasteiger partial charge in [0.15, 0.2) is 0 Å². The van der Waals surface area contributed by atoms with Crippen LogP contribution in [0.25, 0.3) is 10.9 Å². The van der Waals surface area contributed by atoms with Crippen molar-refractivity contribution in [3.63, 3.8) is 0 Å². The maximum absolute atomic E-state index is 12.9. The monoisotopic (exact) mass is 393 g/mol. The summed E-state index contributed by atoms with van der Waals surface area (Å²) in [5, 5.41) is 15.5. The molecule has 29 heavy (non-hydrogen) atoms. The smallest absolute Gasteiger partial charge is 0.262 e. The fraction of sp³-hybridized carbons (Fsp3) is 0.238. The predicted molar refractivity (Wildman–Crippen MR) is 109 cm³/mol. The molecule has 8 nitrogen and oxygen atoms in total. The molecule has 150 valence electrons. The summed E-state index contributed by atoms with van der Waals surface area (Å²) in [5.74, 6) is -0.907. The van der Waals surface area contributed by atoms with Gasteiger partial charge in [-0.3, -0.25) is 9.36 Å². The maximum Gasteiger partial charge on any atom is 0.262 e. The van der Waals surface area contributed by atoms with Crippen molar-refractivity contribution in [2.75, 3.05) is 18.6 Å². The van der Waals surface area contributed by atoms with Crippen molar-refractivity contribution >= 4 is 29.0 Å². The van der Waals surface area contributed by atoms with Crippen LogP contribution in [0.15, 0.2) is 58.4 Å². The Labute approximate surface area is 167 Å². The van der Waals surface area contributed by atoms with E-state index in [1.54, 1.807) is 30.3 Å². The highest BCUT2D eigenvalue weighted by atomic mass is 16.5. The number of nitrogens with one attached hydrogen (secondary N) is 1. The third-order valence-corrected chi connectivity index (χ3v) is 4.26. The third kappa shape index (κ3) is 5.05. The lowest BCUT2D eigenvalue weighted by atomic mass is 10.1. The van der Waals surface area contributed by atoms with Gasteiger partial charge in [-0.05, 0) is 36.6 Å². The second-order valence-corrected chi connectivity index (χ2v) is 6.24. The van der Waals surface area contributed by atoms with Gasteiger partial charge in [-0.1, -0.05) is 36.4 Å². The number of rotatable bonds is 9. The van der Waals surface area contributed by atoms with Gasteiger partial charge in [-0.15, -0.1) is 0 Å². The molecule has 0 amide bonds. The summed E-state index contributed by atoms with van der Waals surface area (Å²) < 4.78 is 6.90. The molecule has 0 spiro atoms. The standard InChI is InChI=1S/C21H22N4O4/c1-2-29-13-5-12-25-19(26)17-6-3-4-7-18(17)23-21(25)24-22-14-15-8-10-16(11-9-15)20(27)28/h3-4,6-11,14H,2,5,12-13H2,1H3,(H,23,24)(H,27,28)/p-1/b22-14-. The first-order chi connectivity index (χ1) is 14.1. The fourth-order valence-electron chi connectivity index (χ4n) is 2.80. The molecule has 0 aliphatic rings. The molecule has 0 atom stereocenters. The summed E-state index contributed by atoms with van der Waals surface area (Å²) >= 11 is 0. The molecule has 0 radical (unpaired) electrons. The number of fused-ring (bicyclic) bond motifs is 1. The maximum atomic E-state index is 12.9. The van der Waals surface area contributed by atoms with Crippen molar-refractivity contribution in [2.45, 2.75) is 19.9 Å².